The monoisotopic (exact) mass is 267 g/mol. The lowest BCUT2D eigenvalue weighted by atomic mass is 10.5. The van der Waals surface area contributed by atoms with E-state index in [4.69, 9.17) is 15.6 Å². The molecule has 108 valence electrons. The second kappa shape index (κ2) is 17.7. The fourth-order valence-electron chi connectivity index (χ4n) is 0.237. The minimum absolute atomic E-state index is 0.330. The minimum atomic E-state index is -0.352. The molecule has 9 heteroatoms. The van der Waals surface area contributed by atoms with Crippen molar-refractivity contribution in [1.82, 2.24) is 16.4 Å². The van der Waals surface area contributed by atoms with Crippen LogP contribution in [-0.4, -0.2) is 33.3 Å². The van der Waals surface area contributed by atoms with Gasteiger partial charge in [0.1, 0.15) is 0 Å². The quantitative estimate of drug-likeness (QED) is 0.305. The van der Waals surface area contributed by atoms with Gasteiger partial charge in [0.25, 0.3) is 0 Å². The van der Waals surface area contributed by atoms with Crippen LogP contribution >= 0.6 is 0 Å². The Kier molecular flexibility index (Phi) is 21.2. The highest BCUT2D eigenvalue weighted by Crippen LogP contribution is 1.68. The Morgan fingerprint density at radius 3 is 0.833 bits per heavy atom. The number of carbonyl (C=O) groups is 3. The van der Waals surface area contributed by atoms with E-state index in [-0.39, 0.29) is 17.7 Å². The molecule has 0 aliphatic carbocycles. The molecule has 6 N–H and O–H groups in total. The highest BCUT2D eigenvalue weighted by molar-refractivity contribution is 5.74. The molecule has 0 aliphatic rings. The molecule has 0 rings (SSSR count). The van der Waals surface area contributed by atoms with Crippen molar-refractivity contribution in [2.75, 3.05) is 0 Å². The third-order valence-electron chi connectivity index (χ3n) is 1.34. The molecular formula is C9H21N3O6. The summed E-state index contributed by atoms with van der Waals surface area (Å²) in [6.07, 6.45) is 0.990. The van der Waals surface area contributed by atoms with Crippen molar-refractivity contribution < 1.29 is 30.0 Å². The smallest absolute Gasteiger partial charge is 0.243 e. The van der Waals surface area contributed by atoms with Crippen molar-refractivity contribution >= 4 is 17.7 Å². The average Bonchev–Trinajstić information content (AvgIpc) is 2.45. The van der Waals surface area contributed by atoms with Crippen molar-refractivity contribution in [3.63, 3.8) is 0 Å². The lowest BCUT2D eigenvalue weighted by Gasteiger charge is -1.85. The summed E-state index contributed by atoms with van der Waals surface area (Å²) in [6.45, 7) is 4.97. The summed E-state index contributed by atoms with van der Waals surface area (Å²) in [4.78, 5) is 29.5. The first-order valence-electron chi connectivity index (χ1n) is 5.22. The molecule has 0 aromatic carbocycles. The largest absolute Gasteiger partial charge is 0.289 e. The number of hydrogen-bond acceptors (Lipinski definition) is 6. The summed E-state index contributed by atoms with van der Waals surface area (Å²) >= 11 is 0. The zero-order chi connectivity index (χ0) is 15.0. The van der Waals surface area contributed by atoms with E-state index in [0.717, 1.165) is 0 Å². The summed E-state index contributed by atoms with van der Waals surface area (Å²) in [5.74, 6) is -1.06. The van der Waals surface area contributed by atoms with Crippen LogP contribution in [0.3, 0.4) is 0 Å². The third kappa shape index (κ3) is 23.8. The van der Waals surface area contributed by atoms with Crippen molar-refractivity contribution in [1.29, 1.82) is 0 Å². The Morgan fingerprint density at radius 2 is 0.833 bits per heavy atom. The van der Waals surface area contributed by atoms with Crippen LogP contribution in [0.25, 0.3) is 0 Å². The van der Waals surface area contributed by atoms with Gasteiger partial charge >= 0.3 is 0 Å². The maximum Gasteiger partial charge on any atom is 0.243 e. The Morgan fingerprint density at radius 1 is 0.667 bits per heavy atom. The molecule has 9 nitrogen and oxygen atoms in total. The Labute approximate surface area is 105 Å². The van der Waals surface area contributed by atoms with Crippen LogP contribution in [0.2, 0.25) is 0 Å². The molecule has 0 heterocycles. The lowest BCUT2D eigenvalue weighted by molar-refractivity contribution is -0.129. The third-order valence-corrected chi connectivity index (χ3v) is 1.34. The topological polar surface area (TPSA) is 148 Å². The van der Waals surface area contributed by atoms with Gasteiger partial charge in [0.15, 0.2) is 0 Å². The van der Waals surface area contributed by atoms with Gasteiger partial charge in [-0.2, -0.15) is 0 Å². The first-order chi connectivity index (χ1) is 8.42. The number of hydrogen-bond donors (Lipinski definition) is 6. The predicted octanol–water partition coefficient (Wildman–Crippen LogP) is -0.295. The van der Waals surface area contributed by atoms with E-state index < -0.39 is 0 Å². The van der Waals surface area contributed by atoms with Gasteiger partial charge in [-0.15, -0.1) is 0 Å². The van der Waals surface area contributed by atoms with E-state index in [2.05, 4.69) is 0 Å². The summed E-state index contributed by atoms with van der Waals surface area (Å²) in [7, 11) is 0. The van der Waals surface area contributed by atoms with E-state index in [0.29, 0.717) is 19.3 Å². The van der Waals surface area contributed by atoms with Gasteiger partial charge in [-0.05, 0) is 0 Å². The number of hydroxylamine groups is 3. The molecule has 0 saturated carbocycles. The zero-order valence-corrected chi connectivity index (χ0v) is 10.7. The fraction of sp³-hybridized carbons (Fsp3) is 0.667. The predicted molar refractivity (Wildman–Crippen MR) is 60.7 cm³/mol. The molecule has 0 radical (unpaired) electrons. The molecule has 0 spiro atoms. The molecule has 0 unspecified atom stereocenters. The van der Waals surface area contributed by atoms with E-state index in [9.17, 15) is 14.4 Å². The highest BCUT2D eigenvalue weighted by Gasteiger charge is 1.87. The highest BCUT2D eigenvalue weighted by atomic mass is 16.5. The van der Waals surface area contributed by atoms with Crippen molar-refractivity contribution in [2.45, 2.75) is 40.0 Å². The molecule has 0 saturated heterocycles. The van der Waals surface area contributed by atoms with Crippen LogP contribution < -0.4 is 16.4 Å². The number of amides is 3. The van der Waals surface area contributed by atoms with Gasteiger partial charge in [0, 0.05) is 19.3 Å². The van der Waals surface area contributed by atoms with Gasteiger partial charge in [0.05, 0.1) is 0 Å². The van der Waals surface area contributed by atoms with Crippen LogP contribution in [0.4, 0.5) is 0 Å². The molecule has 3 amide bonds. The van der Waals surface area contributed by atoms with Gasteiger partial charge in [0.2, 0.25) is 17.7 Å². The van der Waals surface area contributed by atoms with E-state index in [1.165, 1.54) is 16.4 Å². The summed E-state index contributed by atoms with van der Waals surface area (Å²) in [6, 6.07) is 0. The lowest BCUT2D eigenvalue weighted by Crippen LogP contribution is -2.16. The second-order valence-corrected chi connectivity index (χ2v) is 2.67. The van der Waals surface area contributed by atoms with E-state index in [1.807, 2.05) is 0 Å². The summed E-state index contributed by atoms with van der Waals surface area (Å²) in [5, 5.41) is 23.2. The van der Waals surface area contributed by atoms with Crippen molar-refractivity contribution in [3.05, 3.63) is 0 Å². The molecule has 0 fully saturated rings. The number of rotatable bonds is 3. The maximum absolute atomic E-state index is 9.82. The maximum atomic E-state index is 9.82. The first kappa shape index (κ1) is 21.6. The molecule has 18 heavy (non-hydrogen) atoms. The Balaban J connectivity index is -0.000000187. The molecule has 0 bridgehead atoms. The van der Waals surface area contributed by atoms with E-state index >= 15 is 0 Å². The average molecular weight is 267 g/mol. The Hall–Kier alpha value is -1.71. The standard InChI is InChI=1S/3C3H7NO2/c3*1-2-3(5)4-6/h3*6H,2H2,1H3,(H,4,5). The minimum Gasteiger partial charge on any atom is -0.289 e. The molecule has 0 aliphatic heterocycles. The molecular weight excluding hydrogens is 246 g/mol. The zero-order valence-electron chi connectivity index (χ0n) is 10.7. The van der Waals surface area contributed by atoms with Crippen molar-refractivity contribution in [2.24, 2.45) is 0 Å². The fourth-order valence-corrected chi connectivity index (χ4v) is 0.237. The van der Waals surface area contributed by atoms with Crippen LogP contribution in [0.15, 0.2) is 0 Å². The van der Waals surface area contributed by atoms with Crippen molar-refractivity contribution in [3.8, 4) is 0 Å². The van der Waals surface area contributed by atoms with Gasteiger partial charge in [-0.3, -0.25) is 30.0 Å². The summed E-state index contributed by atoms with van der Waals surface area (Å²) in [5.41, 5.74) is 4.43. The number of nitrogens with one attached hydrogen (secondary N) is 3. The van der Waals surface area contributed by atoms with Gasteiger partial charge in [-0.1, -0.05) is 20.8 Å². The Bertz CT molecular complexity index is 178. The van der Waals surface area contributed by atoms with Gasteiger partial charge < -0.3 is 0 Å². The van der Waals surface area contributed by atoms with Crippen LogP contribution in [0.5, 0.6) is 0 Å². The van der Waals surface area contributed by atoms with Crippen LogP contribution in [0, 0.1) is 0 Å². The second-order valence-electron chi connectivity index (χ2n) is 2.67. The van der Waals surface area contributed by atoms with Gasteiger partial charge in [-0.25, -0.2) is 16.4 Å². The van der Waals surface area contributed by atoms with E-state index in [1.54, 1.807) is 20.8 Å². The summed E-state index contributed by atoms with van der Waals surface area (Å²) < 4.78 is 0. The number of carbonyl (C=O) groups excluding carboxylic acids is 3. The normalized spacial score (nSPS) is 7.67. The van der Waals surface area contributed by atoms with Crippen LogP contribution in [0.1, 0.15) is 40.0 Å². The van der Waals surface area contributed by atoms with Crippen LogP contribution in [-0.2, 0) is 14.4 Å². The SMILES string of the molecule is CCC(=O)NO.CCC(=O)NO.CCC(=O)NO. The molecule has 0 atom stereocenters. The molecule has 0 aromatic rings. The first-order valence-corrected chi connectivity index (χ1v) is 5.22. The molecule has 0 aromatic heterocycles.